The highest BCUT2D eigenvalue weighted by atomic mass is 79.9. The lowest BCUT2D eigenvalue weighted by Crippen LogP contribution is -2.53. The monoisotopic (exact) mass is 462 g/mol. The first-order valence-electron chi connectivity index (χ1n) is 10.1. The van der Waals surface area contributed by atoms with Gasteiger partial charge in [-0.25, -0.2) is 0 Å². The van der Waals surface area contributed by atoms with Crippen LogP contribution < -0.4 is 4.74 Å². The van der Waals surface area contributed by atoms with Gasteiger partial charge in [-0.05, 0) is 72.6 Å². The van der Waals surface area contributed by atoms with Crippen LogP contribution in [0.25, 0.3) is 0 Å². The van der Waals surface area contributed by atoms with Crippen molar-refractivity contribution in [2.24, 2.45) is 0 Å². The lowest BCUT2D eigenvalue weighted by molar-refractivity contribution is -0.219. The van der Waals surface area contributed by atoms with E-state index in [1.165, 1.54) is 11.1 Å². The SMILES string of the molecule is COc1ccc(Cc2cc([C@@H]3O[C@H](C)[C@@H](O)[C@H](O)[C@H]3O)c3c(c2Br)CCC3)cc1. The molecule has 3 N–H and O–H groups in total. The van der Waals surface area contributed by atoms with E-state index in [2.05, 4.69) is 22.0 Å². The summed E-state index contributed by atoms with van der Waals surface area (Å²) >= 11 is 3.81. The van der Waals surface area contributed by atoms with Crippen molar-refractivity contribution in [2.45, 2.75) is 63.1 Å². The van der Waals surface area contributed by atoms with Crippen LogP contribution in [0.2, 0.25) is 0 Å². The fraction of sp³-hybridized carbons (Fsp3) is 0.478. The van der Waals surface area contributed by atoms with Gasteiger partial charge in [-0.15, -0.1) is 0 Å². The maximum absolute atomic E-state index is 10.7. The average molecular weight is 463 g/mol. The molecular weight excluding hydrogens is 436 g/mol. The van der Waals surface area contributed by atoms with E-state index in [0.717, 1.165) is 52.6 Å². The Kier molecular flexibility index (Phi) is 6.00. The Bertz CT molecular complexity index is 882. The van der Waals surface area contributed by atoms with Gasteiger partial charge in [0.25, 0.3) is 0 Å². The number of methoxy groups -OCH3 is 1. The van der Waals surface area contributed by atoms with Crippen LogP contribution in [-0.2, 0) is 24.0 Å². The summed E-state index contributed by atoms with van der Waals surface area (Å²) in [5, 5.41) is 31.0. The van der Waals surface area contributed by atoms with Crippen LogP contribution in [0.15, 0.2) is 34.8 Å². The van der Waals surface area contributed by atoms with Crippen LogP contribution in [-0.4, -0.2) is 46.8 Å². The van der Waals surface area contributed by atoms with Crippen LogP contribution in [0, 0.1) is 0 Å². The number of benzene rings is 2. The molecule has 2 aromatic carbocycles. The van der Waals surface area contributed by atoms with Crippen LogP contribution in [0.3, 0.4) is 0 Å². The third-order valence-electron chi connectivity index (χ3n) is 6.16. The Labute approximate surface area is 179 Å². The predicted molar refractivity (Wildman–Crippen MR) is 113 cm³/mol. The first-order chi connectivity index (χ1) is 13.9. The van der Waals surface area contributed by atoms with E-state index >= 15 is 0 Å². The van der Waals surface area contributed by atoms with Gasteiger partial charge in [0.15, 0.2) is 0 Å². The Morgan fingerprint density at radius 3 is 2.41 bits per heavy atom. The number of aliphatic hydroxyl groups excluding tert-OH is 3. The van der Waals surface area contributed by atoms with Crippen molar-refractivity contribution < 1.29 is 24.8 Å². The van der Waals surface area contributed by atoms with Gasteiger partial charge in [-0.3, -0.25) is 0 Å². The third kappa shape index (κ3) is 3.84. The fourth-order valence-corrected chi connectivity index (χ4v) is 5.18. The quantitative estimate of drug-likeness (QED) is 0.650. The number of ether oxygens (including phenoxy) is 2. The van der Waals surface area contributed by atoms with E-state index in [1.54, 1.807) is 14.0 Å². The summed E-state index contributed by atoms with van der Waals surface area (Å²) in [5.74, 6) is 0.822. The molecule has 0 bridgehead atoms. The summed E-state index contributed by atoms with van der Waals surface area (Å²) in [5.41, 5.74) is 5.65. The van der Waals surface area contributed by atoms with Gasteiger partial charge < -0.3 is 24.8 Å². The smallest absolute Gasteiger partial charge is 0.118 e. The van der Waals surface area contributed by atoms with Crippen molar-refractivity contribution in [3.63, 3.8) is 0 Å². The minimum Gasteiger partial charge on any atom is -0.497 e. The molecule has 0 aromatic heterocycles. The lowest BCUT2D eigenvalue weighted by atomic mass is 9.86. The molecule has 2 aromatic rings. The molecule has 1 heterocycles. The van der Waals surface area contributed by atoms with E-state index in [-0.39, 0.29) is 0 Å². The predicted octanol–water partition coefficient (Wildman–Crippen LogP) is 3.08. The molecule has 156 valence electrons. The zero-order chi connectivity index (χ0) is 20.7. The second kappa shape index (κ2) is 8.36. The first-order valence-corrected chi connectivity index (χ1v) is 10.9. The van der Waals surface area contributed by atoms with E-state index in [1.807, 2.05) is 24.3 Å². The van der Waals surface area contributed by atoms with Crippen molar-refractivity contribution in [3.8, 4) is 5.75 Å². The summed E-state index contributed by atoms with van der Waals surface area (Å²) < 4.78 is 12.3. The maximum Gasteiger partial charge on any atom is 0.118 e. The number of halogens is 1. The molecule has 0 radical (unpaired) electrons. The Morgan fingerprint density at radius 1 is 1.03 bits per heavy atom. The Balaban J connectivity index is 1.72. The molecule has 1 saturated heterocycles. The number of hydrogen-bond donors (Lipinski definition) is 3. The summed E-state index contributed by atoms with van der Waals surface area (Å²) in [6.07, 6.45) is -1.01. The molecule has 0 amide bonds. The third-order valence-corrected chi connectivity index (χ3v) is 7.14. The molecule has 0 spiro atoms. The standard InChI is InChI=1S/C23H27BrO5/c1-12-20(25)21(26)22(27)23(29-12)18-11-14(19(24)17-5-3-4-16(17)18)10-13-6-8-15(28-2)9-7-13/h6-9,11-12,20-23,25-27H,3-5,10H2,1-2H3/t12-,20-,21+,22-,23+/m1/s1. The van der Waals surface area contributed by atoms with Gasteiger partial charge >= 0.3 is 0 Å². The second-order valence-corrected chi connectivity index (χ2v) is 8.80. The Hall–Kier alpha value is -1.44. The van der Waals surface area contributed by atoms with Crippen molar-refractivity contribution >= 4 is 15.9 Å². The van der Waals surface area contributed by atoms with E-state index < -0.39 is 30.5 Å². The summed E-state index contributed by atoms with van der Waals surface area (Å²) in [4.78, 5) is 0. The van der Waals surface area contributed by atoms with Gasteiger partial charge in [0.1, 0.15) is 30.2 Å². The van der Waals surface area contributed by atoms with Gasteiger partial charge in [0, 0.05) is 4.47 Å². The van der Waals surface area contributed by atoms with Gasteiger partial charge in [-0.2, -0.15) is 0 Å². The Morgan fingerprint density at radius 2 is 1.72 bits per heavy atom. The van der Waals surface area contributed by atoms with Gasteiger partial charge in [0.05, 0.1) is 13.2 Å². The number of aliphatic hydroxyl groups is 3. The molecule has 1 fully saturated rings. The number of hydrogen-bond acceptors (Lipinski definition) is 5. The summed E-state index contributed by atoms with van der Waals surface area (Å²) in [6.45, 7) is 1.73. The molecular formula is C23H27BrO5. The van der Waals surface area contributed by atoms with Crippen LogP contribution in [0.4, 0.5) is 0 Å². The van der Waals surface area contributed by atoms with Crippen LogP contribution >= 0.6 is 15.9 Å². The normalized spacial score (nSPS) is 29.0. The maximum atomic E-state index is 10.7. The average Bonchev–Trinajstić information content (AvgIpc) is 3.22. The first kappa shape index (κ1) is 20.8. The van der Waals surface area contributed by atoms with E-state index in [9.17, 15) is 15.3 Å². The van der Waals surface area contributed by atoms with Gasteiger partial charge in [-0.1, -0.05) is 34.1 Å². The summed E-state index contributed by atoms with van der Waals surface area (Å²) in [7, 11) is 1.65. The molecule has 4 rings (SSSR count). The number of rotatable bonds is 4. The topological polar surface area (TPSA) is 79.2 Å². The molecule has 1 aliphatic carbocycles. The molecule has 2 aliphatic rings. The minimum absolute atomic E-state index is 0.552. The zero-order valence-corrected chi connectivity index (χ0v) is 18.2. The minimum atomic E-state index is -1.23. The molecule has 0 saturated carbocycles. The second-order valence-electron chi connectivity index (χ2n) is 8.01. The van der Waals surface area contributed by atoms with E-state index in [4.69, 9.17) is 9.47 Å². The van der Waals surface area contributed by atoms with Crippen molar-refractivity contribution in [3.05, 3.63) is 62.6 Å². The molecule has 1 aliphatic heterocycles. The molecule has 6 heteroatoms. The zero-order valence-electron chi connectivity index (χ0n) is 16.6. The molecule has 5 nitrogen and oxygen atoms in total. The van der Waals surface area contributed by atoms with Crippen molar-refractivity contribution in [2.75, 3.05) is 7.11 Å². The van der Waals surface area contributed by atoms with Crippen LogP contribution in [0.5, 0.6) is 5.75 Å². The van der Waals surface area contributed by atoms with Crippen molar-refractivity contribution in [1.29, 1.82) is 0 Å². The van der Waals surface area contributed by atoms with Crippen molar-refractivity contribution in [1.82, 2.24) is 0 Å². The summed E-state index contributed by atoms with van der Waals surface area (Å²) in [6, 6.07) is 10.1. The highest BCUT2D eigenvalue weighted by Gasteiger charge is 2.43. The molecule has 5 atom stereocenters. The van der Waals surface area contributed by atoms with E-state index in [0.29, 0.717) is 0 Å². The molecule has 29 heavy (non-hydrogen) atoms. The lowest BCUT2D eigenvalue weighted by Gasteiger charge is -2.40. The largest absolute Gasteiger partial charge is 0.497 e. The number of fused-ring (bicyclic) bond motifs is 1. The highest BCUT2D eigenvalue weighted by molar-refractivity contribution is 9.10. The fourth-order valence-electron chi connectivity index (χ4n) is 4.49. The highest BCUT2D eigenvalue weighted by Crippen LogP contribution is 2.42. The molecule has 0 unspecified atom stereocenters. The van der Waals surface area contributed by atoms with Gasteiger partial charge in [0.2, 0.25) is 0 Å². The van der Waals surface area contributed by atoms with Crippen LogP contribution in [0.1, 0.15) is 47.3 Å².